The Morgan fingerprint density at radius 3 is 0.948 bits per heavy atom. The number of carbonyl (C=O) groups excluding carboxylic acids is 1. The van der Waals surface area contributed by atoms with E-state index in [1.807, 2.05) is 98.7 Å². The summed E-state index contributed by atoms with van der Waals surface area (Å²) in [5, 5.41) is 44.2. The maximum atomic E-state index is 13.2. The molecular formula is C114H145FN18O. The minimum absolute atomic E-state index is 0.0815. The van der Waals surface area contributed by atoms with Gasteiger partial charge in [-0.25, -0.2) is 4.39 Å². The van der Waals surface area contributed by atoms with Crippen LogP contribution in [-0.4, -0.2) is 178 Å². The third-order valence-corrected chi connectivity index (χ3v) is 23.9. The fourth-order valence-electron chi connectivity index (χ4n) is 16.2. The zero-order valence-electron chi connectivity index (χ0n) is 82.2. The minimum atomic E-state index is -0.202. The average Bonchev–Trinajstić information content (AvgIpc) is 1.64. The second-order valence-corrected chi connectivity index (χ2v) is 35.4. The largest absolute Gasteiger partial charge is 0.302 e. The van der Waals surface area contributed by atoms with Crippen molar-refractivity contribution in [2.45, 2.75) is 179 Å². The maximum absolute atomic E-state index is 13.2. The Bertz CT molecular complexity index is 5870. The SMILES string of the molecule is C=C(c1ccccc1)c1ccc(-c2[nH]ncc2CN(C)CCCC)cc1.CCCCN(C)Cc1cn[nH]c1-c1ccc(-c2ccccc2)cc1.CCCCN(C)Cc1cn[nH]c1-c1ccc(F)cc1C.CCCCN(C)Cc1cn[nH]c1-c1cccc(C(C)=O)c1.CCCCN(C)Cc1cn[nH]c1-c1ccccc1-c1ccccc1.CCCCN(C)Cc1cn[nH]c1-c1ccccc1C. The fourth-order valence-corrected chi connectivity index (χ4v) is 16.2. The van der Waals surface area contributed by atoms with E-state index in [-0.39, 0.29) is 11.6 Å². The lowest BCUT2D eigenvalue weighted by atomic mass is 9.96. The van der Waals surface area contributed by atoms with Crippen molar-refractivity contribution in [3.8, 4) is 89.8 Å². The summed E-state index contributed by atoms with van der Waals surface area (Å²) < 4.78 is 13.2. The molecule has 0 unspecified atom stereocenters. The number of ketones is 1. The molecule has 0 aliphatic rings. The smallest absolute Gasteiger partial charge is 0.159 e. The second-order valence-electron chi connectivity index (χ2n) is 35.4. The predicted molar refractivity (Wildman–Crippen MR) is 556 cm³/mol. The molecule has 134 heavy (non-hydrogen) atoms. The van der Waals surface area contributed by atoms with Gasteiger partial charge in [-0.3, -0.25) is 35.4 Å². The second kappa shape index (κ2) is 55.7. The van der Waals surface area contributed by atoms with Gasteiger partial charge in [0.05, 0.1) is 71.3 Å². The van der Waals surface area contributed by atoms with Crippen molar-refractivity contribution in [3.05, 3.63) is 341 Å². The van der Waals surface area contributed by atoms with Gasteiger partial charge in [-0.1, -0.05) is 293 Å². The highest BCUT2D eigenvalue weighted by molar-refractivity contribution is 5.95. The van der Waals surface area contributed by atoms with Gasteiger partial charge in [0.15, 0.2) is 5.78 Å². The van der Waals surface area contributed by atoms with Crippen LogP contribution in [0.3, 0.4) is 0 Å². The summed E-state index contributed by atoms with van der Waals surface area (Å²) in [7, 11) is 12.9. The van der Waals surface area contributed by atoms with Crippen molar-refractivity contribution in [3.63, 3.8) is 0 Å². The third kappa shape index (κ3) is 32.1. The number of H-pyrrole nitrogens is 6. The Hall–Kier alpha value is -12.7. The van der Waals surface area contributed by atoms with Crippen LogP contribution in [0, 0.1) is 19.7 Å². The molecule has 0 saturated carbocycles. The zero-order valence-corrected chi connectivity index (χ0v) is 82.2. The summed E-state index contributed by atoms with van der Waals surface area (Å²) in [6, 6.07) is 78.1. The van der Waals surface area contributed by atoms with Crippen molar-refractivity contribution in [1.29, 1.82) is 0 Å². The third-order valence-electron chi connectivity index (χ3n) is 23.9. The van der Waals surface area contributed by atoms with Gasteiger partial charge >= 0.3 is 0 Å². The highest BCUT2D eigenvalue weighted by Gasteiger charge is 2.20. The molecule has 6 N–H and O–H groups in total. The van der Waals surface area contributed by atoms with Gasteiger partial charge in [-0.05, 0) is 226 Å². The van der Waals surface area contributed by atoms with Crippen molar-refractivity contribution < 1.29 is 9.18 Å². The molecule has 15 aromatic rings. The summed E-state index contributed by atoms with van der Waals surface area (Å²) in [5.41, 5.74) is 31.9. The topological polar surface area (TPSA) is 209 Å². The van der Waals surface area contributed by atoms with Crippen LogP contribution >= 0.6 is 0 Å². The van der Waals surface area contributed by atoms with Gasteiger partial charge in [0.25, 0.3) is 0 Å². The summed E-state index contributed by atoms with van der Waals surface area (Å²) in [5.74, 6) is -0.120. The first-order chi connectivity index (χ1) is 65.2. The molecule has 0 atom stereocenters. The average molecular weight is 1800 g/mol. The van der Waals surface area contributed by atoms with E-state index in [1.165, 1.54) is 150 Å². The first kappa shape index (κ1) is 103. The highest BCUT2D eigenvalue weighted by Crippen LogP contribution is 2.36. The van der Waals surface area contributed by atoms with E-state index in [1.54, 1.807) is 13.0 Å². The zero-order chi connectivity index (χ0) is 95.4. The van der Waals surface area contributed by atoms with Crippen molar-refractivity contribution in [1.82, 2.24) is 90.6 Å². The van der Waals surface area contributed by atoms with Gasteiger partial charge in [0, 0.05) is 100 Å². The molecule has 6 heterocycles. The van der Waals surface area contributed by atoms with Gasteiger partial charge in [0.1, 0.15) is 5.82 Å². The number of hydrogen-bond donors (Lipinski definition) is 6. The lowest BCUT2D eigenvalue weighted by Crippen LogP contribution is -2.19. The number of benzene rings is 9. The van der Waals surface area contributed by atoms with E-state index in [4.69, 9.17) is 0 Å². The Balaban J connectivity index is 0.000000167. The lowest BCUT2D eigenvalue weighted by molar-refractivity contribution is 0.101. The maximum Gasteiger partial charge on any atom is 0.159 e. The van der Waals surface area contributed by atoms with E-state index in [0.717, 1.165) is 168 Å². The predicted octanol–water partition coefficient (Wildman–Crippen LogP) is 26.2. The van der Waals surface area contributed by atoms with Crippen LogP contribution in [0.15, 0.2) is 274 Å². The Labute approximate surface area is 797 Å². The molecule has 0 fully saturated rings. The van der Waals surface area contributed by atoms with Gasteiger partial charge in [-0.15, -0.1) is 0 Å². The molecule has 0 aliphatic heterocycles. The molecule has 0 saturated heterocycles. The quantitative estimate of drug-likeness (QED) is 0.0197. The van der Waals surface area contributed by atoms with Crippen LogP contribution in [0.1, 0.15) is 192 Å². The number of halogens is 1. The molecule has 20 heteroatoms. The van der Waals surface area contributed by atoms with Crippen LogP contribution in [0.5, 0.6) is 0 Å². The summed E-state index contributed by atoms with van der Waals surface area (Å²) in [4.78, 5) is 25.5. The van der Waals surface area contributed by atoms with E-state index < -0.39 is 0 Å². The molecule has 704 valence electrons. The first-order valence-electron chi connectivity index (χ1n) is 48.1. The molecule has 15 rings (SSSR count). The number of nitrogens with zero attached hydrogens (tertiary/aromatic N) is 12. The lowest BCUT2D eigenvalue weighted by Gasteiger charge is -2.17. The van der Waals surface area contributed by atoms with Gasteiger partial charge in [0.2, 0.25) is 0 Å². The molecule has 0 radical (unpaired) electrons. The summed E-state index contributed by atoms with van der Waals surface area (Å²) >= 11 is 0. The Morgan fingerprint density at radius 1 is 0.284 bits per heavy atom. The molecule has 0 aliphatic carbocycles. The van der Waals surface area contributed by atoms with E-state index in [0.29, 0.717) is 0 Å². The number of nitrogens with one attached hydrogen (secondary N) is 6. The summed E-state index contributed by atoms with van der Waals surface area (Å²) in [6.07, 6.45) is 26.1. The van der Waals surface area contributed by atoms with Crippen molar-refractivity contribution >= 4 is 11.4 Å². The van der Waals surface area contributed by atoms with Crippen LogP contribution in [0.2, 0.25) is 0 Å². The van der Waals surface area contributed by atoms with E-state index in [2.05, 4.69) is 352 Å². The number of carbonyl (C=O) groups is 1. The van der Waals surface area contributed by atoms with Crippen LogP contribution < -0.4 is 0 Å². The monoisotopic (exact) mass is 1800 g/mol. The highest BCUT2D eigenvalue weighted by atomic mass is 19.1. The number of Topliss-reactive ketones (excluding diaryl/α,β-unsaturated/α-hetero) is 1. The van der Waals surface area contributed by atoms with Gasteiger partial charge < -0.3 is 29.4 Å². The van der Waals surface area contributed by atoms with Crippen molar-refractivity contribution in [2.75, 3.05) is 81.6 Å². The standard InChI is InChI=1S/C23H27N3.2C21H25N3.C17H23N3O.C16H22FN3.C16H23N3/c1-4-5-15-26(3)17-22-16-24-25-23(22)21-13-11-20(12-14-21)18(2)19-9-7-6-8-10-19;1-3-4-14-24(2)16-18-15-22-23-21(18)20-13-9-8-12-19(20)17-10-6-5-7-11-17;1-3-4-14-24(2)16-20-15-22-23-21(20)19-12-10-18(11-13-19)17-8-6-5-7-9-17;1-4-5-9-20(3)12-16-11-18-19-17(16)15-8-6-7-14(10-15)13(2)21;1-4-5-8-20(3)11-13-10-18-19-16(13)15-7-6-14(17)9-12(15)2;1-4-5-10-19(3)12-14-11-17-18-16(14)15-9-7-6-8-13(15)2/h6-14,16H,2,4-5,15,17H2,1,3H3,(H,24,25);2*5-13,15H,3-4,14,16H2,1-2H3,(H,22,23);6-8,10-11H,4-5,9,12H2,1-3H3,(H,18,19);6-7,9-10H,4-5,8,11H2,1-3H3,(H,18,19);6-9,11H,4-5,10,12H2,1-3H3,(H,17,18). The number of aromatic amines is 6. The van der Waals surface area contributed by atoms with E-state index in [9.17, 15) is 9.18 Å². The van der Waals surface area contributed by atoms with Crippen LogP contribution in [0.4, 0.5) is 4.39 Å². The van der Waals surface area contributed by atoms with Crippen molar-refractivity contribution in [2.24, 2.45) is 0 Å². The first-order valence-corrected chi connectivity index (χ1v) is 48.1. The fraction of sp³-hybridized carbons (Fsp3) is 0.342. The number of unbranched alkanes of at least 4 members (excludes halogenated alkanes) is 6. The molecule has 0 bridgehead atoms. The number of rotatable bonds is 41. The normalized spacial score (nSPS) is 11.1. The molecule has 0 amide bonds. The summed E-state index contributed by atoms with van der Waals surface area (Å²) in [6.45, 7) is 35.2. The number of hydrogen-bond acceptors (Lipinski definition) is 13. The molecular weight excluding hydrogens is 1660 g/mol. The molecule has 19 nitrogen and oxygen atoms in total. The van der Waals surface area contributed by atoms with Crippen LogP contribution in [-0.2, 0) is 39.3 Å². The number of aromatic nitrogens is 12. The molecule has 0 spiro atoms. The minimum Gasteiger partial charge on any atom is -0.302 e. The number of aryl methyl sites for hydroxylation is 2. The van der Waals surface area contributed by atoms with E-state index >= 15 is 0 Å². The Morgan fingerprint density at radius 2 is 0.567 bits per heavy atom. The van der Waals surface area contributed by atoms with Gasteiger partial charge in [-0.2, -0.15) is 30.6 Å². The Kier molecular flexibility index (Phi) is 43.0. The molecule has 9 aromatic carbocycles. The molecule has 6 aromatic heterocycles. The van der Waals surface area contributed by atoms with Crippen LogP contribution in [0.25, 0.3) is 95.4 Å².